The van der Waals surface area contributed by atoms with Crippen molar-refractivity contribution in [2.24, 2.45) is 17.9 Å². The van der Waals surface area contributed by atoms with Gasteiger partial charge in [0.2, 0.25) is 11.8 Å². The number of imide groups is 2. The standard InChI is InChI=1S/C56H63N11O7/c1-33-30-63(37-11-13-56(27-37)14-17-62(18-15-56)36-5-7-40-41(25-36)52(72)67(51(40)71)44-8-10-48(69)60-50(44)70)19-20-64(33)38-6-9-47(58-29-38)59-43-23-35(31-61(4)53(43)73)39-12-16-57-49(42(39)32-68)66-22-21-65-45(54(66)74)24-34-26-55(2,3)28-46(34)65/h5-7,9,12,16,23-25,29,31,33,37,44,68H,8,10-11,13-15,17-22,26-28,30,32H2,1-4H3,(H,58,59)(H,60,69,70)/t33-,37+,44?/m0/s1. The van der Waals surface area contributed by atoms with Crippen LogP contribution in [0.15, 0.2) is 71.9 Å². The molecule has 5 aromatic rings. The Morgan fingerprint density at radius 3 is 2.36 bits per heavy atom. The topological polar surface area (TPSA) is 199 Å². The normalized spacial score (nSPS) is 23.4. The smallest absolute Gasteiger partial charge is 0.276 e. The number of benzene rings is 1. The van der Waals surface area contributed by atoms with Crippen LogP contribution in [0.2, 0.25) is 0 Å². The van der Waals surface area contributed by atoms with Gasteiger partial charge in [0.1, 0.15) is 29.1 Å². The van der Waals surface area contributed by atoms with Crippen LogP contribution in [-0.4, -0.2) is 121 Å². The molecule has 4 fully saturated rings. The van der Waals surface area contributed by atoms with Crippen molar-refractivity contribution < 1.29 is 29.1 Å². The molecule has 12 rings (SSSR count). The van der Waals surface area contributed by atoms with E-state index in [1.165, 1.54) is 22.2 Å². The van der Waals surface area contributed by atoms with Crippen LogP contribution < -0.4 is 30.9 Å². The number of carbonyl (C=O) groups is 5. The minimum Gasteiger partial charge on any atom is -0.392 e. The Hall–Kier alpha value is -7.18. The van der Waals surface area contributed by atoms with Crippen LogP contribution in [0.5, 0.6) is 0 Å². The third-order valence-electron chi connectivity index (χ3n) is 17.4. The van der Waals surface area contributed by atoms with Crippen LogP contribution in [0.1, 0.15) is 114 Å². The number of hydrogen-bond acceptors (Lipinski definition) is 13. The molecule has 3 N–H and O–H groups in total. The minimum absolute atomic E-state index is 0.0875. The van der Waals surface area contributed by atoms with Gasteiger partial charge in [0.25, 0.3) is 23.3 Å². The lowest BCUT2D eigenvalue weighted by atomic mass is 9.76. The van der Waals surface area contributed by atoms with E-state index >= 15 is 0 Å². The Morgan fingerprint density at radius 2 is 1.61 bits per heavy atom. The third-order valence-corrected chi connectivity index (χ3v) is 17.4. The fourth-order valence-corrected chi connectivity index (χ4v) is 13.5. The molecule has 5 amide bonds. The number of nitrogens with zero attached hydrogens (tertiary/aromatic N) is 9. The number of carbonyl (C=O) groups excluding carboxylic acids is 5. The number of fused-ring (bicyclic) bond motifs is 4. The summed E-state index contributed by atoms with van der Waals surface area (Å²) in [6.07, 6.45) is 13.0. The van der Waals surface area contributed by atoms with Gasteiger partial charge >= 0.3 is 0 Å². The minimum atomic E-state index is -0.981. The molecule has 1 unspecified atom stereocenters. The number of aromatic nitrogens is 4. The molecule has 3 saturated heterocycles. The van der Waals surface area contributed by atoms with Gasteiger partial charge in [-0.2, -0.15) is 0 Å². The van der Waals surface area contributed by atoms with Gasteiger partial charge in [-0.25, -0.2) is 9.97 Å². The average molecular weight is 1000 g/mol. The van der Waals surface area contributed by atoms with E-state index in [9.17, 15) is 33.9 Å². The molecular weight excluding hydrogens is 939 g/mol. The largest absolute Gasteiger partial charge is 0.392 e. The second kappa shape index (κ2) is 18.0. The van der Waals surface area contributed by atoms with Gasteiger partial charge in [-0.3, -0.25) is 48.8 Å². The van der Waals surface area contributed by atoms with Crippen LogP contribution >= 0.6 is 0 Å². The van der Waals surface area contributed by atoms with E-state index < -0.39 is 29.7 Å². The number of rotatable bonds is 9. The molecule has 7 aliphatic rings. The molecule has 74 heavy (non-hydrogen) atoms. The summed E-state index contributed by atoms with van der Waals surface area (Å²) in [5.41, 5.74) is 8.11. The van der Waals surface area contributed by atoms with E-state index in [2.05, 4.69) is 61.7 Å². The molecule has 4 aromatic heterocycles. The van der Waals surface area contributed by atoms with E-state index in [1.807, 2.05) is 30.5 Å². The van der Waals surface area contributed by atoms with E-state index in [4.69, 9.17) is 4.98 Å². The number of anilines is 5. The van der Waals surface area contributed by atoms with Crippen LogP contribution in [0, 0.1) is 10.8 Å². The van der Waals surface area contributed by atoms with Gasteiger partial charge in [-0.1, -0.05) is 13.8 Å². The molecule has 384 valence electrons. The number of hydrogen-bond donors (Lipinski definition) is 3. The number of aliphatic hydroxyl groups excluding tert-OH is 1. The summed E-state index contributed by atoms with van der Waals surface area (Å²) in [6, 6.07) is 14.8. The monoisotopic (exact) mass is 1000 g/mol. The van der Waals surface area contributed by atoms with Crippen molar-refractivity contribution in [1.29, 1.82) is 0 Å². The van der Waals surface area contributed by atoms with Crippen LogP contribution in [0.25, 0.3) is 11.1 Å². The molecule has 9 heterocycles. The average Bonchev–Trinajstić information content (AvgIpc) is 4.12. The van der Waals surface area contributed by atoms with Gasteiger partial charge in [0.05, 0.1) is 29.6 Å². The zero-order chi connectivity index (χ0) is 51.4. The van der Waals surface area contributed by atoms with Crippen molar-refractivity contribution in [3.63, 3.8) is 0 Å². The van der Waals surface area contributed by atoms with E-state index in [0.717, 1.165) is 87.5 Å². The van der Waals surface area contributed by atoms with Gasteiger partial charge in [0.15, 0.2) is 0 Å². The van der Waals surface area contributed by atoms with Crippen LogP contribution in [-0.2, 0) is 42.6 Å². The number of aryl methyl sites for hydroxylation is 1. The molecule has 0 radical (unpaired) electrons. The number of nitrogens with one attached hydrogen (secondary N) is 2. The maximum atomic E-state index is 14.0. The first-order chi connectivity index (χ1) is 35.6. The van der Waals surface area contributed by atoms with Crippen molar-refractivity contribution in [1.82, 2.24) is 34.2 Å². The third kappa shape index (κ3) is 8.16. The second-order valence-corrected chi connectivity index (χ2v) is 22.6. The molecule has 0 bridgehead atoms. The summed E-state index contributed by atoms with van der Waals surface area (Å²) in [7, 11) is 1.70. The highest BCUT2D eigenvalue weighted by atomic mass is 16.3. The van der Waals surface area contributed by atoms with E-state index in [1.54, 1.807) is 42.5 Å². The summed E-state index contributed by atoms with van der Waals surface area (Å²) in [4.78, 5) is 98.2. The quantitative estimate of drug-likeness (QED) is 0.159. The predicted molar refractivity (Wildman–Crippen MR) is 279 cm³/mol. The summed E-state index contributed by atoms with van der Waals surface area (Å²) in [5.74, 6) is -1.15. The molecule has 1 saturated carbocycles. The highest BCUT2D eigenvalue weighted by Crippen LogP contribution is 2.49. The lowest BCUT2D eigenvalue weighted by Gasteiger charge is -2.45. The highest BCUT2D eigenvalue weighted by Gasteiger charge is 2.47. The Kier molecular flexibility index (Phi) is 11.7. The van der Waals surface area contributed by atoms with Gasteiger partial charge < -0.3 is 29.4 Å². The molecule has 1 aromatic carbocycles. The molecule has 18 nitrogen and oxygen atoms in total. The Bertz CT molecular complexity index is 3230. The Morgan fingerprint density at radius 1 is 0.811 bits per heavy atom. The fourth-order valence-electron chi connectivity index (χ4n) is 13.5. The van der Waals surface area contributed by atoms with Crippen molar-refractivity contribution in [2.45, 2.75) is 110 Å². The first-order valence-corrected chi connectivity index (χ1v) is 26.2. The fraction of sp³-hybridized carbons (Fsp3) is 0.464. The molecule has 2 aliphatic carbocycles. The molecular formula is C56H63N11O7. The summed E-state index contributed by atoms with van der Waals surface area (Å²) < 4.78 is 3.68. The van der Waals surface area contributed by atoms with Gasteiger partial charge in [-0.15, -0.1) is 0 Å². The SMILES string of the molecule is C[C@H]1CN([C@@H]2CCC3(CCN(c4ccc5c(c4)C(=O)N(C4CCC(=O)NC4=O)C5=O)CC3)C2)CCN1c1ccc(Nc2cc(-c3ccnc(N4CCn5c(cc6c5CC(C)(C)C6)C4=O)c3CO)cn(C)c2=O)nc1. The number of amides is 5. The molecule has 3 atom stereocenters. The number of piperidine rings is 2. The second-order valence-electron chi connectivity index (χ2n) is 22.6. The van der Waals surface area contributed by atoms with Crippen molar-refractivity contribution in [3.8, 4) is 11.1 Å². The van der Waals surface area contributed by atoms with Gasteiger partial charge in [0, 0.05) is 106 Å². The highest BCUT2D eigenvalue weighted by molar-refractivity contribution is 6.23. The maximum Gasteiger partial charge on any atom is 0.276 e. The molecule has 5 aliphatic heterocycles. The van der Waals surface area contributed by atoms with Crippen LogP contribution in [0.3, 0.4) is 0 Å². The maximum absolute atomic E-state index is 14.0. The molecule has 1 spiro atoms. The zero-order valence-electron chi connectivity index (χ0n) is 42.5. The van der Waals surface area contributed by atoms with E-state index in [-0.39, 0.29) is 47.8 Å². The zero-order valence-corrected chi connectivity index (χ0v) is 42.5. The summed E-state index contributed by atoms with van der Waals surface area (Å²) in [5, 5.41) is 16.4. The van der Waals surface area contributed by atoms with Crippen molar-refractivity contribution in [3.05, 3.63) is 111 Å². The number of aliphatic hydroxyl groups is 1. The number of pyridine rings is 3. The van der Waals surface area contributed by atoms with Crippen molar-refractivity contribution in [2.75, 3.05) is 59.3 Å². The Labute approximate surface area is 429 Å². The van der Waals surface area contributed by atoms with Crippen molar-refractivity contribution >= 4 is 58.2 Å². The first-order valence-electron chi connectivity index (χ1n) is 26.2. The summed E-state index contributed by atoms with van der Waals surface area (Å²) >= 11 is 0. The lowest BCUT2D eigenvalue weighted by molar-refractivity contribution is -0.136. The van der Waals surface area contributed by atoms with Crippen LogP contribution in [0.4, 0.5) is 28.7 Å². The van der Waals surface area contributed by atoms with Gasteiger partial charge in [-0.05, 0) is 129 Å². The first kappa shape index (κ1) is 47.8. The predicted octanol–water partition coefficient (Wildman–Crippen LogP) is 5.42. The summed E-state index contributed by atoms with van der Waals surface area (Å²) in [6.45, 7) is 12.0. The number of piperazine rings is 1. The molecule has 18 heteroatoms. The Balaban J connectivity index is 0.664. The van der Waals surface area contributed by atoms with E-state index in [0.29, 0.717) is 70.0 Å². The lowest BCUT2D eigenvalue weighted by Crippen LogP contribution is -2.54.